The molecule has 0 aliphatic rings. The number of aromatic nitrogens is 7. The molecule has 96 valence electrons. The maximum Gasteiger partial charge on any atom is 0.260 e. The predicted octanol–water partition coefficient (Wildman–Crippen LogP) is 1.46. The summed E-state index contributed by atoms with van der Waals surface area (Å²) in [5.74, 6) is 1.16. The first-order chi connectivity index (χ1) is 9.92. The van der Waals surface area contributed by atoms with Crippen LogP contribution in [-0.4, -0.2) is 35.3 Å². The van der Waals surface area contributed by atoms with Gasteiger partial charge in [-0.3, -0.25) is 15.1 Å². The lowest BCUT2D eigenvalue weighted by Crippen LogP contribution is -1.87. The molecule has 0 saturated heterocycles. The molecule has 0 atom stereocenters. The van der Waals surface area contributed by atoms with Gasteiger partial charge in [-0.25, -0.2) is 4.98 Å². The fraction of sp³-hybridized carbons (Fsp3) is 0. The maximum absolute atomic E-state index is 5.27. The van der Waals surface area contributed by atoms with E-state index in [0.29, 0.717) is 23.1 Å². The second kappa shape index (κ2) is 4.19. The first-order valence-corrected chi connectivity index (χ1v) is 5.81. The van der Waals surface area contributed by atoms with Crippen LogP contribution >= 0.6 is 0 Å². The number of H-pyrrole nitrogens is 1. The molecule has 0 spiro atoms. The molecule has 3 heterocycles. The Morgan fingerprint density at radius 3 is 2.90 bits per heavy atom. The van der Waals surface area contributed by atoms with E-state index in [1.165, 1.54) is 6.33 Å². The summed E-state index contributed by atoms with van der Waals surface area (Å²) < 4.78 is 5.27. The van der Waals surface area contributed by atoms with Crippen molar-refractivity contribution in [1.29, 1.82) is 0 Å². The molecule has 0 saturated carbocycles. The summed E-state index contributed by atoms with van der Waals surface area (Å²) in [7, 11) is 0. The summed E-state index contributed by atoms with van der Waals surface area (Å²) in [6.45, 7) is 0. The minimum Gasteiger partial charge on any atom is -0.333 e. The van der Waals surface area contributed by atoms with Gasteiger partial charge in [-0.15, -0.1) is 0 Å². The topological polar surface area (TPSA) is 106 Å². The van der Waals surface area contributed by atoms with E-state index in [1.54, 1.807) is 12.4 Å². The number of hydrogen-bond acceptors (Lipinski definition) is 7. The standard InChI is InChI=1S/C12H7N7O/c1-2-7(9-8(3-1)13-4-5-14-9)12-17-11(19-20-12)10-15-6-16-18-10/h1-6H,(H,15,16,18). The molecule has 0 fully saturated rings. The van der Waals surface area contributed by atoms with Crippen LogP contribution in [0.1, 0.15) is 0 Å². The van der Waals surface area contributed by atoms with Crippen LogP contribution in [0.4, 0.5) is 0 Å². The molecular weight excluding hydrogens is 258 g/mol. The van der Waals surface area contributed by atoms with Gasteiger partial charge in [-0.1, -0.05) is 11.2 Å². The lowest BCUT2D eigenvalue weighted by Gasteiger charge is -1.99. The number of nitrogens with one attached hydrogen (secondary N) is 1. The van der Waals surface area contributed by atoms with Crippen LogP contribution in [0.15, 0.2) is 41.4 Å². The largest absolute Gasteiger partial charge is 0.333 e. The average molecular weight is 265 g/mol. The van der Waals surface area contributed by atoms with Crippen molar-refractivity contribution in [1.82, 2.24) is 35.3 Å². The zero-order valence-corrected chi connectivity index (χ0v) is 10.1. The Bertz CT molecular complexity index is 863. The van der Waals surface area contributed by atoms with Crippen molar-refractivity contribution in [2.45, 2.75) is 0 Å². The van der Waals surface area contributed by atoms with Gasteiger partial charge >= 0.3 is 0 Å². The highest BCUT2D eigenvalue weighted by Crippen LogP contribution is 2.25. The molecule has 0 aliphatic heterocycles. The van der Waals surface area contributed by atoms with Crippen molar-refractivity contribution in [3.05, 3.63) is 36.9 Å². The van der Waals surface area contributed by atoms with Crippen molar-refractivity contribution in [2.75, 3.05) is 0 Å². The summed E-state index contributed by atoms with van der Waals surface area (Å²) in [5, 5.41) is 10.3. The van der Waals surface area contributed by atoms with Gasteiger partial charge < -0.3 is 4.52 Å². The SMILES string of the molecule is c1cc(-c2nc(-c3ncn[nH]3)no2)c2nccnc2c1. The minimum absolute atomic E-state index is 0.346. The van der Waals surface area contributed by atoms with E-state index >= 15 is 0 Å². The molecule has 20 heavy (non-hydrogen) atoms. The van der Waals surface area contributed by atoms with Gasteiger partial charge in [0.2, 0.25) is 5.82 Å². The first kappa shape index (κ1) is 10.7. The van der Waals surface area contributed by atoms with Gasteiger partial charge in [0.15, 0.2) is 5.82 Å². The highest BCUT2D eigenvalue weighted by atomic mass is 16.5. The van der Waals surface area contributed by atoms with E-state index < -0.39 is 0 Å². The third-order valence-electron chi connectivity index (χ3n) is 2.78. The smallest absolute Gasteiger partial charge is 0.260 e. The van der Waals surface area contributed by atoms with Crippen LogP contribution < -0.4 is 0 Å². The number of aromatic amines is 1. The third kappa shape index (κ3) is 1.62. The third-order valence-corrected chi connectivity index (χ3v) is 2.78. The minimum atomic E-state index is 0.346. The van der Waals surface area contributed by atoms with Crippen molar-refractivity contribution >= 4 is 11.0 Å². The van der Waals surface area contributed by atoms with Crippen molar-refractivity contribution < 1.29 is 4.52 Å². The number of para-hydroxylation sites is 1. The van der Waals surface area contributed by atoms with Gasteiger partial charge in [0, 0.05) is 12.4 Å². The molecule has 4 aromatic rings. The number of benzene rings is 1. The molecule has 1 N–H and O–H groups in total. The summed E-state index contributed by atoms with van der Waals surface area (Å²) in [5.41, 5.74) is 2.21. The summed E-state index contributed by atoms with van der Waals surface area (Å²) >= 11 is 0. The first-order valence-electron chi connectivity index (χ1n) is 5.81. The Labute approximate surface area is 111 Å². The molecule has 0 aliphatic carbocycles. The summed E-state index contributed by atoms with van der Waals surface area (Å²) in [6, 6.07) is 5.60. The number of rotatable bonds is 2. The molecule has 8 nitrogen and oxygen atoms in total. The van der Waals surface area contributed by atoms with Crippen LogP contribution in [0.2, 0.25) is 0 Å². The van der Waals surface area contributed by atoms with Gasteiger partial charge in [-0.2, -0.15) is 10.1 Å². The predicted molar refractivity (Wildman–Crippen MR) is 68.2 cm³/mol. The lowest BCUT2D eigenvalue weighted by molar-refractivity contribution is 0.432. The van der Waals surface area contributed by atoms with Gasteiger partial charge in [0.1, 0.15) is 11.8 Å². The molecule has 0 unspecified atom stereocenters. The monoisotopic (exact) mass is 265 g/mol. The Hall–Kier alpha value is -3.16. The zero-order chi connectivity index (χ0) is 13.4. The molecular formula is C12H7N7O. The second-order valence-corrected chi connectivity index (χ2v) is 3.99. The summed E-state index contributed by atoms with van der Waals surface area (Å²) in [4.78, 5) is 16.8. The van der Waals surface area contributed by atoms with E-state index in [-0.39, 0.29) is 0 Å². The zero-order valence-electron chi connectivity index (χ0n) is 10.1. The van der Waals surface area contributed by atoms with E-state index in [2.05, 4.69) is 35.3 Å². The van der Waals surface area contributed by atoms with Crippen molar-refractivity contribution in [3.8, 4) is 23.1 Å². The molecule has 0 radical (unpaired) electrons. The molecule has 1 aromatic carbocycles. The van der Waals surface area contributed by atoms with Gasteiger partial charge in [0.25, 0.3) is 5.89 Å². The van der Waals surface area contributed by atoms with Crippen LogP contribution in [0, 0.1) is 0 Å². The fourth-order valence-corrected chi connectivity index (χ4v) is 1.91. The quantitative estimate of drug-likeness (QED) is 0.584. The van der Waals surface area contributed by atoms with Crippen LogP contribution in [0.25, 0.3) is 34.1 Å². The highest BCUT2D eigenvalue weighted by molar-refractivity contribution is 5.88. The number of hydrogen-bond donors (Lipinski definition) is 1. The van der Waals surface area contributed by atoms with E-state index in [1.807, 2.05) is 18.2 Å². The Morgan fingerprint density at radius 1 is 1.05 bits per heavy atom. The fourth-order valence-electron chi connectivity index (χ4n) is 1.91. The normalized spacial score (nSPS) is 11.0. The Kier molecular flexibility index (Phi) is 2.25. The van der Waals surface area contributed by atoms with Crippen molar-refractivity contribution in [2.24, 2.45) is 0 Å². The van der Waals surface area contributed by atoms with E-state index in [4.69, 9.17) is 4.52 Å². The van der Waals surface area contributed by atoms with Crippen molar-refractivity contribution in [3.63, 3.8) is 0 Å². The van der Waals surface area contributed by atoms with Crippen LogP contribution in [-0.2, 0) is 0 Å². The van der Waals surface area contributed by atoms with Crippen LogP contribution in [0.3, 0.4) is 0 Å². The summed E-state index contributed by atoms with van der Waals surface area (Å²) in [6.07, 6.45) is 4.65. The van der Waals surface area contributed by atoms with Gasteiger partial charge in [0.05, 0.1) is 11.1 Å². The Balaban J connectivity index is 1.88. The second-order valence-electron chi connectivity index (χ2n) is 3.99. The van der Waals surface area contributed by atoms with E-state index in [9.17, 15) is 0 Å². The Morgan fingerprint density at radius 2 is 2.00 bits per heavy atom. The molecule has 0 amide bonds. The average Bonchev–Trinajstić information content (AvgIpc) is 3.17. The molecule has 0 bridgehead atoms. The highest BCUT2D eigenvalue weighted by Gasteiger charge is 2.15. The lowest BCUT2D eigenvalue weighted by atomic mass is 10.2. The number of nitrogens with zero attached hydrogens (tertiary/aromatic N) is 6. The maximum atomic E-state index is 5.27. The van der Waals surface area contributed by atoms with Gasteiger partial charge in [-0.05, 0) is 12.1 Å². The van der Waals surface area contributed by atoms with E-state index in [0.717, 1.165) is 11.1 Å². The molecule has 3 aromatic heterocycles. The molecule has 4 rings (SSSR count). The van der Waals surface area contributed by atoms with Crippen LogP contribution in [0.5, 0.6) is 0 Å². The molecule has 8 heteroatoms. The number of fused-ring (bicyclic) bond motifs is 1.